The average Bonchev–Trinajstić information content (AvgIpc) is 3.28. The van der Waals surface area contributed by atoms with E-state index in [4.69, 9.17) is 9.47 Å². The Morgan fingerprint density at radius 3 is 2.89 bits per heavy atom. The van der Waals surface area contributed by atoms with Crippen molar-refractivity contribution in [1.82, 2.24) is 20.4 Å². The molecule has 2 aromatic rings. The summed E-state index contributed by atoms with van der Waals surface area (Å²) in [5.41, 5.74) is 1.10. The van der Waals surface area contributed by atoms with Crippen LogP contribution in [0.5, 0.6) is 11.5 Å². The van der Waals surface area contributed by atoms with Crippen molar-refractivity contribution in [2.75, 3.05) is 26.7 Å². The second-order valence-electron chi connectivity index (χ2n) is 6.67. The fraction of sp³-hybridized carbons (Fsp3) is 0.474. The van der Waals surface area contributed by atoms with Gasteiger partial charge in [-0.25, -0.2) is 0 Å². The lowest BCUT2D eigenvalue weighted by Crippen LogP contribution is -2.39. The molecule has 1 fully saturated rings. The highest BCUT2D eigenvalue weighted by Crippen LogP contribution is 2.28. The average molecular weight is 395 g/mol. The number of rotatable bonds is 7. The number of amides is 1. The van der Waals surface area contributed by atoms with Crippen molar-refractivity contribution in [2.45, 2.75) is 18.9 Å². The molecule has 0 aliphatic carbocycles. The van der Waals surface area contributed by atoms with Gasteiger partial charge in [0.1, 0.15) is 17.6 Å². The second-order valence-corrected chi connectivity index (χ2v) is 6.67. The van der Waals surface area contributed by atoms with Crippen LogP contribution in [0.25, 0.3) is 0 Å². The highest BCUT2D eigenvalue weighted by Gasteiger charge is 2.34. The van der Waals surface area contributed by atoms with E-state index in [9.17, 15) is 4.79 Å². The first kappa shape index (κ1) is 21.1. The highest BCUT2D eigenvalue weighted by molar-refractivity contribution is 5.85. The Morgan fingerprint density at radius 1 is 1.41 bits per heavy atom. The summed E-state index contributed by atoms with van der Waals surface area (Å²) in [6.45, 7) is 3.85. The zero-order valence-corrected chi connectivity index (χ0v) is 16.7. The minimum atomic E-state index is -0.141. The molecular weight excluding hydrogens is 368 g/mol. The molecule has 8 heteroatoms. The van der Waals surface area contributed by atoms with E-state index < -0.39 is 0 Å². The molecule has 1 saturated heterocycles. The monoisotopic (exact) mass is 394 g/mol. The van der Waals surface area contributed by atoms with Crippen LogP contribution in [0.15, 0.2) is 36.7 Å². The van der Waals surface area contributed by atoms with Crippen LogP contribution in [0.3, 0.4) is 0 Å². The van der Waals surface area contributed by atoms with Crippen LogP contribution in [0, 0.1) is 5.92 Å². The molecule has 1 aromatic carbocycles. The van der Waals surface area contributed by atoms with E-state index in [0.29, 0.717) is 13.1 Å². The third kappa shape index (κ3) is 5.37. The molecule has 3 rings (SSSR count). The van der Waals surface area contributed by atoms with Crippen molar-refractivity contribution in [3.63, 3.8) is 0 Å². The minimum Gasteiger partial charge on any atom is -0.497 e. The lowest BCUT2D eigenvalue weighted by molar-refractivity contribution is -0.125. The first-order valence-corrected chi connectivity index (χ1v) is 8.84. The van der Waals surface area contributed by atoms with Gasteiger partial charge in [0.15, 0.2) is 0 Å². The number of methoxy groups -OCH3 is 1. The van der Waals surface area contributed by atoms with Gasteiger partial charge in [-0.05, 0) is 24.6 Å². The number of carbonyl (C=O) groups excluding carboxylic acids is 1. The van der Waals surface area contributed by atoms with Gasteiger partial charge in [0.05, 0.1) is 25.8 Å². The molecule has 0 bridgehead atoms. The van der Waals surface area contributed by atoms with Crippen molar-refractivity contribution >= 4 is 18.3 Å². The number of aromatic nitrogens is 2. The highest BCUT2D eigenvalue weighted by atomic mass is 35.5. The third-order valence-corrected chi connectivity index (χ3v) is 4.65. The van der Waals surface area contributed by atoms with Crippen molar-refractivity contribution in [3.8, 4) is 11.5 Å². The van der Waals surface area contributed by atoms with Crippen molar-refractivity contribution in [3.05, 3.63) is 42.2 Å². The van der Waals surface area contributed by atoms with Gasteiger partial charge in [0.2, 0.25) is 5.91 Å². The summed E-state index contributed by atoms with van der Waals surface area (Å²) in [4.78, 5) is 12.6. The molecule has 1 aromatic heterocycles. The zero-order chi connectivity index (χ0) is 18.5. The molecule has 0 saturated carbocycles. The van der Waals surface area contributed by atoms with Crippen LogP contribution < -0.4 is 20.1 Å². The molecule has 1 amide bonds. The number of carbonyl (C=O) groups is 1. The number of ether oxygens (including phenoxy) is 2. The van der Waals surface area contributed by atoms with E-state index in [2.05, 4.69) is 15.7 Å². The standard InChI is InChI=1S/C19H26N4O3.ClH/c1-13(26-16-6-4-5-15(7-16)25-3)8-21-19(24)18-11-20-10-17(18)14-9-22-23(2)12-14;/h4-7,9,12-13,17-18,20H,8,10-11H2,1-3H3,(H,21,24);1H/t13?,17-,18+;/m1./s1. The summed E-state index contributed by atoms with van der Waals surface area (Å²) in [5, 5.41) is 10.5. The Kier molecular flexibility index (Phi) is 7.50. The van der Waals surface area contributed by atoms with Crippen LogP contribution in [0.4, 0.5) is 0 Å². The zero-order valence-electron chi connectivity index (χ0n) is 15.8. The van der Waals surface area contributed by atoms with Gasteiger partial charge >= 0.3 is 0 Å². The van der Waals surface area contributed by atoms with Crippen molar-refractivity contribution in [1.29, 1.82) is 0 Å². The molecule has 0 spiro atoms. The quantitative estimate of drug-likeness (QED) is 0.748. The Morgan fingerprint density at radius 2 is 2.19 bits per heavy atom. The first-order valence-electron chi connectivity index (χ1n) is 8.84. The summed E-state index contributed by atoms with van der Waals surface area (Å²) in [5.74, 6) is 1.57. The van der Waals surface area contributed by atoms with Crippen LogP contribution in [0.2, 0.25) is 0 Å². The summed E-state index contributed by atoms with van der Waals surface area (Å²) in [7, 11) is 3.51. The van der Waals surface area contributed by atoms with Crippen LogP contribution >= 0.6 is 12.4 Å². The topological polar surface area (TPSA) is 77.4 Å². The normalized spacial score (nSPS) is 19.8. The smallest absolute Gasteiger partial charge is 0.225 e. The molecule has 1 unspecified atom stereocenters. The molecule has 0 radical (unpaired) electrons. The number of hydrogen-bond acceptors (Lipinski definition) is 5. The SMILES string of the molecule is COc1cccc(OC(C)CNC(=O)[C@H]2CNC[C@@H]2c2cnn(C)c2)c1.Cl. The van der Waals surface area contributed by atoms with Crippen LogP contribution in [0.1, 0.15) is 18.4 Å². The molecule has 2 N–H and O–H groups in total. The number of aryl methyl sites for hydroxylation is 1. The van der Waals surface area contributed by atoms with Gasteiger partial charge in [0.25, 0.3) is 0 Å². The molecule has 2 heterocycles. The van der Waals surface area contributed by atoms with Crippen LogP contribution in [-0.4, -0.2) is 48.5 Å². The molecule has 27 heavy (non-hydrogen) atoms. The molecule has 7 nitrogen and oxygen atoms in total. The molecule has 148 valence electrons. The van der Waals surface area contributed by atoms with Gasteiger partial charge < -0.3 is 20.1 Å². The predicted octanol–water partition coefficient (Wildman–Crippen LogP) is 1.74. The number of nitrogens with one attached hydrogen (secondary N) is 2. The Labute approximate surface area is 165 Å². The van der Waals surface area contributed by atoms with E-state index in [1.165, 1.54) is 0 Å². The van der Waals surface area contributed by atoms with E-state index in [1.807, 2.05) is 50.6 Å². The largest absolute Gasteiger partial charge is 0.497 e. The minimum absolute atomic E-state index is 0. The number of nitrogens with zero attached hydrogens (tertiary/aromatic N) is 2. The maximum Gasteiger partial charge on any atom is 0.225 e. The summed E-state index contributed by atoms with van der Waals surface area (Å²) in [6, 6.07) is 7.45. The third-order valence-electron chi connectivity index (χ3n) is 4.65. The summed E-state index contributed by atoms with van der Waals surface area (Å²) in [6.07, 6.45) is 3.68. The maximum absolute atomic E-state index is 12.6. The number of hydrogen-bond donors (Lipinski definition) is 2. The van der Waals surface area contributed by atoms with Crippen molar-refractivity contribution in [2.24, 2.45) is 13.0 Å². The van der Waals surface area contributed by atoms with E-state index in [-0.39, 0.29) is 36.3 Å². The Bertz CT molecular complexity index is 752. The Hall–Kier alpha value is -2.25. The number of halogens is 1. The Balaban J connectivity index is 0.00000261. The van der Waals surface area contributed by atoms with Gasteiger partial charge in [-0.3, -0.25) is 9.48 Å². The van der Waals surface area contributed by atoms with E-state index in [0.717, 1.165) is 23.6 Å². The van der Waals surface area contributed by atoms with Gasteiger partial charge in [-0.1, -0.05) is 6.07 Å². The molecule has 1 aliphatic rings. The van der Waals surface area contributed by atoms with Gasteiger partial charge in [0, 0.05) is 38.3 Å². The molecule has 3 atom stereocenters. The van der Waals surface area contributed by atoms with E-state index >= 15 is 0 Å². The predicted molar refractivity (Wildman–Crippen MR) is 106 cm³/mol. The fourth-order valence-electron chi connectivity index (χ4n) is 3.26. The van der Waals surface area contributed by atoms with Gasteiger partial charge in [-0.15, -0.1) is 12.4 Å². The lowest BCUT2D eigenvalue weighted by atomic mass is 9.90. The van der Waals surface area contributed by atoms with Crippen molar-refractivity contribution < 1.29 is 14.3 Å². The number of benzene rings is 1. The summed E-state index contributed by atoms with van der Waals surface area (Å²) < 4.78 is 12.8. The summed E-state index contributed by atoms with van der Waals surface area (Å²) >= 11 is 0. The van der Waals surface area contributed by atoms with Gasteiger partial charge in [-0.2, -0.15) is 5.10 Å². The maximum atomic E-state index is 12.6. The molecule has 1 aliphatic heterocycles. The first-order chi connectivity index (χ1) is 12.6. The van der Waals surface area contributed by atoms with E-state index in [1.54, 1.807) is 11.8 Å². The second kappa shape index (κ2) is 9.62. The fourth-order valence-corrected chi connectivity index (χ4v) is 3.26. The van der Waals surface area contributed by atoms with Crippen LogP contribution in [-0.2, 0) is 11.8 Å². The lowest BCUT2D eigenvalue weighted by Gasteiger charge is -2.20. The molecular formula is C19H27ClN4O3.